The van der Waals surface area contributed by atoms with Crippen LogP contribution >= 0.6 is 0 Å². The predicted molar refractivity (Wildman–Crippen MR) is 70.3 cm³/mol. The van der Waals surface area contributed by atoms with Crippen molar-refractivity contribution in [3.63, 3.8) is 0 Å². The van der Waals surface area contributed by atoms with Gasteiger partial charge in [0, 0.05) is 12.0 Å². The van der Waals surface area contributed by atoms with Crippen LogP contribution in [0.3, 0.4) is 0 Å². The minimum absolute atomic E-state index is 0.110. The molecule has 1 heterocycles. The Kier molecular flexibility index (Phi) is 4.16. The lowest BCUT2D eigenvalue weighted by atomic mass is 10.1. The highest BCUT2D eigenvalue weighted by Gasteiger charge is 2.19. The Hall–Kier alpha value is -2.61. The van der Waals surface area contributed by atoms with E-state index in [4.69, 9.17) is 9.68 Å². The summed E-state index contributed by atoms with van der Waals surface area (Å²) in [6.45, 7) is 1.90. The second-order valence-electron chi connectivity index (χ2n) is 4.18. The third kappa shape index (κ3) is 2.86. The van der Waals surface area contributed by atoms with Crippen LogP contribution in [0.15, 0.2) is 40.8 Å². The number of benzene rings is 1. The molecular formula is C15H13FN2O2. The van der Waals surface area contributed by atoms with Crippen LogP contribution in [-0.4, -0.2) is 5.91 Å². The highest BCUT2D eigenvalue weighted by molar-refractivity contribution is 5.92. The van der Waals surface area contributed by atoms with Gasteiger partial charge in [-0.1, -0.05) is 25.1 Å². The van der Waals surface area contributed by atoms with Crippen molar-refractivity contribution in [2.24, 2.45) is 0 Å². The van der Waals surface area contributed by atoms with Crippen molar-refractivity contribution in [1.29, 1.82) is 5.26 Å². The van der Waals surface area contributed by atoms with Gasteiger partial charge in [-0.25, -0.2) is 4.39 Å². The van der Waals surface area contributed by atoms with E-state index in [1.54, 1.807) is 12.1 Å². The first-order valence-corrected chi connectivity index (χ1v) is 6.19. The zero-order valence-electron chi connectivity index (χ0n) is 10.9. The molecule has 102 valence electrons. The number of aryl methyl sites for hydroxylation is 1. The van der Waals surface area contributed by atoms with Gasteiger partial charge in [0.05, 0.1) is 6.07 Å². The van der Waals surface area contributed by atoms with Crippen LogP contribution < -0.4 is 5.32 Å². The van der Waals surface area contributed by atoms with Gasteiger partial charge in [0.15, 0.2) is 5.76 Å². The number of carbonyl (C=O) groups is 1. The molecule has 0 fully saturated rings. The molecule has 1 aromatic heterocycles. The lowest BCUT2D eigenvalue weighted by molar-refractivity contribution is 0.0915. The van der Waals surface area contributed by atoms with Crippen LogP contribution in [0.5, 0.6) is 0 Å². The Morgan fingerprint density at radius 1 is 1.40 bits per heavy atom. The van der Waals surface area contributed by atoms with Crippen LogP contribution in [-0.2, 0) is 6.42 Å². The summed E-state index contributed by atoms with van der Waals surface area (Å²) in [4.78, 5) is 11.9. The van der Waals surface area contributed by atoms with E-state index in [1.165, 1.54) is 24.3 Å². The van der Waals surface area contributed by atoms with E-state index in [1.807, 2.05) is 13.0 Å². The zero-order valence-corrected chi connectivity index (χ0v) is 10.9. The molecular weight excluding hydrogens is 259 g/mol. The summed E-state index contributed by atoms with van der Waals surface area (Å²) < 4.78 is 18.9. The van der Waals surface area contributed by atoms with E-state index in [-0.39, 0.29) is 11.3 Å². The fourth-order valence-electron chi connectivity index (χ4n) is 1.78. The van der Waals surface area contributed by atoms with Crippen molar-refractivity contribution in [3.8, 4) is 6.07 Å². The second-order valence-corrected chi connectivity index (χ2v) is 4.18. The molecule has 5 heteroatoms. The van der Waals surface area contributed by atoms with Crippen LogP contribution in [0.4, 0.5) is 4.39 Å². The number of nitriles is 1. The normalized spacial score (nSPS) is 11.7. The van der Waals surface area contributed by atoms with E-state index < -0.39 is 17.8 Å². The Bertz CT molecular complexity index is 658. The number of hydrogen-bond donors (Lipinski definition) is 1. The Morgan fingerprint density at radius 3 is 2.75 bits per heavy atom. The smallest absolute Gasteiger partial charge is 0.288 e. The molecule has 0 saturated heterocycles. The summed E-state index contributed by atoms with van der Waals surface area (Å²) in [5, 5.41) is 11.5. The topological polar surface area (TPSA) is 66.0 Å². The molecule has 20 heavy (non-hydrogen) atoms. The fraction of sp³-hybridized carbons (Fsp3) is 0.200. The van der Waals surface area contributed by atoms with Crippen LogP contribution in [0.1, 0.15) is 34.8 Å². The Balaban J connectivity index is 2.17. The molecule has 0 aliphatic heterocycles. The van der Waals surface area contributed by atoms with E-state index >= 15 is 0 Å². The first kappa shape index (κ1) is 13.8. The lowest BCUT2D eigenvalue weighted by Gasteiger charge is -2.11. The number of halogens is 1. The second kappa shape index (κ2) is 6.02. The minimum atomic E-state index is -1.06. The van der Waals surface area contributed by atoms with Crippen molar-refractivity contribution in [1.82, 2.24) is 5.32 Å². The maximum absolute atomic E-state index is 13.6. The molecule has 2 rings (SSSR count). The molecule has 1 aromatic carbocycles. The predicted octanol–water partition coefficient (Wildman–Crippen LogP) is 2.98. The summed E-state index contributed by atoms with van der Waals surface area (Å²) in [5.74, 6) is -0.291. The third-order valence-corrected chi connectivity index (χ3v) is 2.85. The highest BCUT2D eigenvalue weighted by atomic mass is 19.1. The van der Waals surface area contributed by atoms with Gasteiger partial charge in [-0.15, -0.1) is 0 Å². The SMILES string of the molecule is CCc1ccc(C(=O)NC(C#N)c2ccccc2F)o1. The molecule has 2 aromatic rings. The molecule has 0 bridgehead atoms. The number of hydrogen-bond acceptors (Lipinski definition) is 3. The molecule has 4 nitrogen and oxygen atoms in total. The number of carbonyl (C=O) groups excluding carboxylic acids is 1. The van der Waals surface area contributed by atoms with Gasteiger partial charge in [-0.3, -0.25) is 4.79 Å². The van der Waals surface area contributed by atoms with Crippen molar-refractivity contribution in [3.05, 3.63) is 59.3 Å². The van der Waals surface area contributed by atoms with Crippen LogP contribution in [0.25, 0.3) is 0 Å². The minimum Gasteiger partial charge on any atom is -0.456 e. The number of nitrogens with one attached hydrogen (secondary N) is 1. The fourth-order valence-corrected chi connectivity index (χ4v) is 1.78. The Morgan fingerprint density at radius 2 is 2.15 bits per heavy atom. The van der Waals surface area contributed by atoms with Gasteiger partial charge >= 0.3 is 0 Å². The van der Waals surface area contributed by atoms with Crippen LogP contribution in [0, 0.1) is 17.1 Å². The Labute approximate surface area is 115 Å². The average molecular weight is 272 g/mol. The summed E-state index contributed by atoms with van der Waals surface area (Å²) in [5.41, 5.74) is 0.130. The highest BCUT2D eigenvalue weighted by Crippen LogP contribution is 2.17. The van der Waals surface area contributed by atoms with Crippen molar-refractivity contribution >= 4 is 5.91 Å². The van der Waals surface area contributed by atoms with Gasteiger partial charge in [0.2, 0.25) is 0 Å². The summed E-state index contributed by atoms with van der Waals surface area (Å²) in [6.07, 6.45) is 0.669. The van der Waals surface area contributed by atoms with Crippen molar-refractivity contribution in [2.75, 3.05) is 0 Å². The summed E-state index contributed by atoms with van der Waals surface area (Å²) in [7, 11) is 0. The monoisotopic (exact) mass is 272 g/mol. The molecule has 0 saturated carbocycles. The molecule has 1 amide bonds. The number of amides is 1. The van der Waals surface area contributed by atoms with Gasteiger partial charge in [-0.2, -0.15) is 5.26 Å². The maximum Gasteiger partial charge on any atom is 0.288 e. The molecule has 0 aliphatic rings. The van der Waals surface area contributed by atoms with Crippen molar-refractivity contribution < 1.29 is 13.6 Å². The molecule has 1 atom stereocenters. The zero-order chi connectivity index (χ0) is 14.5. The molecule has 1 unspecified atom stereocenters. The average Bonchev–Trinajstić information content (AvgIpc) is 2.94. The summed E-state index contributed by atoms with van der Waals surface area (Å²) in [6, 6.07) is 9.87. The van der Waals surface area contributed by atoms with E-state index in [9.17, 15) is 9.18 Å². The van der Waals surface area contributed by atoms with Gasteiger partial charge in [0.25, 0.3) is 5.91 Å². The molecule has 0 spiro atoms. The lowest BCUT2D eigenvalue weighted by Crippen LogP contribution is -2.27. The van der Waals surface area contributed by atoms with E-state index in [0.717, 1.165) is 0 Å². The first-order valence-electron chi connectivity index (χ1n) is 6.19. The molecule has 1 N–H and O–H groups in total. The largest absolute Gasteiger partial charge is 0.456 e. The maximum atomic E-state index is 13.6. The number of nitrogens with zero attached hydrogens (tertiary/aromatic N) is 1. The van der Waals surface area contributed by atoms with E-state index in [2.05, 4.69) is 5.32 Å². The van der Waals surface area contributed by atoms with Crippen LogP contribution in [0.2, 0.25) is 0 Å². The third-order valence-electron chi connectivity index (χ3n) is 2.85. The number of furan rings is 1. The van der Waals surface area contributed by atoms with Gasteiger partial charge in [0.1, 0.15) is 17.6 Å². The molecule has 0 radical (unpaired) electrons. The first-order chi connectivity index (χ1) is 9.65. The number of rotatable bonds is 4. The quantitative estimate of drug-likeness (QED) is 0.930. The van der Waals surface area contributed by atoms with Crippen molar-refractivity contribution in [2.45, 2.75) is 19.4 Å². The molecule has 0 aliphatic carbocycles. The standard InChI is InChI=1S/C15H13FN2O2/c1-2-10-7-8-14(20-10)15(19)18-13(9-17)11-5-3-4-6-12(11)16/h3-8,13H,2H2,1H3,(H,18,19). The van der Waals surface area contributed by atoms with Gasteiger partial charge in [-0.05, 0) is 18.2 Å². The van der Waals surface area contributed by atoms with Gasteiger partial charge < -0.3 is 9.73 Å². The van der Waals surface area contributed by atoms with E-state index in [0.29, 0.717) is 12.2 Å². The summed E-state index contributed by atoms with van der Waals surface area (Å²) >= 11 is 0.